The molecule has 1 aromatic carbocycles. The molecule has 0 fully saturated rings. The third-order valence-electron chi connectivity index (χ3n) is 3.96. The van der Waals surface area contributed by atoms with Crippen molar-refractivity contribution in [3.63, 3.8) is 0 Å². The number of hydrogen-bond donors (Lipinski definition) is 2. The minimum absolute atomic E-state index is 0.0972. The molecule has 142 valence electrons. The summed E-state index contributed by atoms with van der Waals surface area (Å²) < 4.78 is 11.3. The van der Waals surface area contributed by atoms with E-state index in [1.807, 2.05) is 18.4 Å². The maximum absolute atomic E-state index is 12.6. The summed E-state index contributed by atoms with van der Waals surface area (Å²) in [5.41, 5.74) is 0. The molecule has 7 nitrogen and oxygen atoms in total. The van der Waals surface area contributed by atoms with Crippen molar-refractivity contribution in [2.24, 2.45) is 0 Å². The van der Waals surface area contributed by atoms with Crippen LogP contribution in [0, 0.1) is 0 Å². The van der Waals surface area contributed by atoms with E-state index < -0.39 is 12.1 Å². The van der Waals surface area contributed by atoms with Crippen LogP contribution in [0.1, 0.15) is 6.42 Å². The highest BCUT2D eigenvalue weighted by molar-refractivity contribution is 7.98. The molecule has 1 aromatic heterocycles. The average Bonchev–Trinajstić information content (AvgIpc) is 2.71. The van der Waals surface area contributed by atoms with Gasteiger partial charge in [-0.25, -0.2) is 4.98 Å². The molecule has 2 heterocycles. The molecule has 3 rings (SSSR count). The highest BCUT2D eigenvalue weighted by atomic mass is 32.2. The molecule has 2 atom stereocenters. The molecule has 27 heavy (non-hydrogen) atoms. The number of rotatable bonds is 7. The molecule has 0 saturated carbocycles. The Morgan fingerprint density at radius 3 is 2.74 bits per heavy atom. The number of aromatic nitrogens is 1. The minimum atomic E-state index is -0.806. The molecule has 2 amide bonds. The number of ether oxygens (including phenoxy) is 2. The van der Waals surface area contributed by atoms with Gasteiger partial charge in [-0.15, -0.1) is 0 Å². The molecular weight excluding hydrogens is 366 g/mol. The summed E-state index contributed by atoms with van der Waals surface area (Å²) in [6.45, 7) is 0.0972. The van der Waals surface area contributed by atoms with Crippen molar-refractivity contribution in [1.29, 1.82) is 0 Å². The van der Waals surface area contributed by atoms with E-state index in [-0.39, 0.29) is 18.4 Å². The van der Waals surface area contributed by atoms with E-state index in [4.69, 9.17) is 9.47 Å². The maximum Gasteiger partial charge on any atom is 0.265 e. The minimum Gasteiger partial charge on any atom is -0.485 e. The summed E-state index contributed by atoms with van der Waals surface area (Å²) >= 11 is 1.60. The van der Waals surface area contributed by atoms with Gasteiger partial charge in [-0.05, 0) is 42.7 Å². The van der Waals surface area contributed by atoms with E-state index in [1.54, 1.807) is 48.3 Å². The van der Waals surface area contributed by atoms with Gasteiger partial charge in [0.1, 0.15) is 18.5 Å². The maximum atomic E-state index is 12.6. The summed E-state index contributed by atoms with van der Waals surface area (Å²) in [6.07, 6.45) is 3.23. The van der Waals surface area contributed by atoms with Crippen LogP contribution in [-0.4, -0.2) is 47.6 Å². The van der Waals surface area contributed by atoms with Gasteiger partial charge in [0, 0.05) is 6.20 Å². The first-order chi connectivity index (χ1) is 13.2. The number of para-hydroxylation sites is 2. The lowest BCUT2D eigenvalue weighted by molar-refractivity contribution is -0.133. The zero-order chi connectivity index (χ0) is 19.1. The van der Waals surface area contributed by atoms with E-state index in [1.165, 1.54) is 0 Å². The fraction of sp³-hybridized carbons (Fsp3) is 0.316. The topological polar surface area (TPSA) is 89.5 Å². The number of benzene rings is 1. The summed E-state index contributed by atoms with van der Waals surface area (Å²) in [5, 5.41) is 5.50. The van der Waals surface area contributed by atoms with E-state index >= 15 is 0 Å². The number of amides is 2. The van der Waals surface area contributed by atoms with Crippen molar-refractivity contribution >= 4 is 29.4 Å². The Kier molecular flexibility index (Phi) is 6.54. The number of anilines is 1. The van der Waals surface area contributed by atoms with Crippen LogP contribution in [-0.2, 0) is 9.59 Å². The Labute approximate surface area is 161 Å². The molecule has 8 heteroatoms. The zero-order valence-corrected chi connectivity index (χ0v) is 15.7. The Hall–Kier alpha value is -2.74. The molecule has 1 aliphatic rings. The first-order valence-corrected chi connectivity index (χ1v) is 9.96. The first kappa shape index (κ1) is 19.0. The number of nitrogens with one attached hydrogen (secondary N) is 2. The molecule has 0 saturated heterocycles. The molecule has 2 aromatic rings. The van der Waals surface area contributed by atoms with Gasteiger partial charge in [0.2, 0.25) is 12.0 Å². The van der Waals surface area contributed by atoms with Gasteiger partial charge in [-0.1, -0.05) is 18.2 Å². The van der Waals surface area contributed by atoms with Crippen molar-refractivity contribution in [3.8, 4) is 11.5 Å². The average molecular weight is 387 g/mol. The lowest BCUT2D eigenvalue weighted by Crippen LogP contribution is -2.51. The van der Waals surface area contributed by atoms with E-state index in [2.05, 4.69) is 15.6 Å². The monoisotopic (exact) mass is 387 g/mol. The summed E-state index contributed by atoms with van der Waals surface area (Å²) in [7, 11) is 0. The van der Waals surface area contributed by atoms with Crippen molar-refractivity contribution < 1.29 is 19.1 Å². The van der Waals surface area contributed by atoms with Crippen LogP contribution in [0.2, 0.25) is 0 Å². The summed E-state index contributed by atoms with van der Waals surface area (Å²) in [5.74, 6) is 1.60. The lowest BCUT2D eigenvalue weighted by atomic mass is 10.2. The lowest BCUT2D eigenvalue weighted by Gasteiger charge is -2.27. The number of carbonyl (C=O) groups is 2. The molecule has 2 N–H and O–H groups in total. The number of nitrogens with zero attached hydrogens (tertiary/aromatic N) is 1. The van der Waals surface area contributed by atoms with Crippen LogP contribution >= 0.6 is 11.8 Å². The normalized spacial score (nSPS) is 16.3. The third kappa shape index (κ3) is 5.13. The SMILES string of the molecule is CSCC[C@@H](NC(=O)C1COc2ccccc2O1)C(=O)Nc1ccccn1. The Balaban J connectivity index is 1.63. The summed E-state index contributed by atoms with van der Waals surface area (Å²) in [4.78, 5) is 29.3. The first-order valence-electron chi connectivity index (χ1n) is 8.57. The fourth-order valence-corrected chi connectivity index (χ4v) is 3.04. The van der Waals surface area contributed by atoms with Gasteiger partial charge in [-0.2, -0.15) is 11.8 Å². The van der Waals surface area contributed by atoms with Crippen LogP contribution in [0.3, 0.4) is 0 Å². The van der Waals surface area contributed by atoms with Gasteiger partial charge in [0.25, 0.3) is 5.91 Å². The van der Waals surface area contributed by atoms with Crippen LogP contribution in [0.5, 0.6) is 11.5 Å². The van der Waals surface area contributed by atoms with Crippen LogP contribution in [0.25, 0.3) is 0 Å². The highest BCUT2D eigenvalue weighted by Gasteiger charge is 2.30. The molecule has 0 spiro atoms. The van der Waals surface area contributed by atoms with Gasteiger partial charge in [0.05, 0.1) is 0 Å². The van der Waals surface area contributed by atoms with Crippen LogP contribution in [0.4, 0.5) is 5.82 Å². The number of pyridine rings is 1. The number of fused-ring (bicyclic) bond motifs is 1. The second-order valence-electron chi connectivity index (χ2n) is 5.91. The number of carbonyl (C=O) groups excluding carboxylic acids is 2. The Morgan fingerprint density at radius 1 is 1.22 bits per heavy atom. The molecule has 1 aliphatic heterocycles. The molecule has 0 bridgehead atoms. The van der Waals surface area contributed by atoms with E-state index in [0.29, 0.717) is 23.7 Å². The smallest absolute Gasteiger partial charge is 0.265 e. The molecule has 1 unspecified atom stereocenters. The number of hydrogen-bond acceptors (Lipinski definition) is 6. The van der Waals surface area contributed by atoms with Gasteiger partial charge < -0.3 is 20.1 Å². The van der Waals surface area contributed by atoms with Gasteiger partial charge >= 0.3 is 0 Å². The molecule has 0 aliphatic carbocycles. The summed E-state index contributed by atoms with van der Waals surface area (Å²) in [6, 6.07) is 11.7. The van der Waals surface area contributed by atoms with Crippen molar-refractivity contribution in [3.05, 3.63) is 48.7 Å². The predicted octanol–water partition coefficient (Wildman–Crippen LogP) is 2.10. The molecule has 0 radical (unpaired) electrons. The van der Waals surface area contributed by atoms with Crippen LogP contribution < -0.4 is 20.1 Å². The Morgan fingerprint density at radius 2 is 2.00 bits per heavy atom. The second-order valence-corrected chi connectivity index (χ2v) is 6.90. The third-order valence-corrected chi connectivity index (χ3v) is 4.60. The molecular formula is C19H21N3O4S. The Bertz CT molecular complexity index is 788. The van der Waals surface area contributed by atoms with Crippen molar-refractivity contribution in [2.75, 3.05) is 23.9 Å². The van der Waals surface area contributed by atoms with E-state index in [0.717, 1.165) is 5.75 Å². The van der Waals surface area contributed by atoms with Crippen LogP contribution in [0.15, 0.2) is 48.7 Å². The van der Waals surface area contributed by atoms with E-state index in [9.17, 15) is 9.59 Å². The highest BCUT2D eigenvalue weighted by Crippen LogP contribution is 2.30. The predicted molar refractivity (Wildman–Crippen MR) is 104 cm³/mol. The van der Waals surface area contributed by atoms with Gasteiger partial charge in [-0.3, -0.25) is 9.59 Å². The van der Waals surface area contributed by atoms with Gasteiger partial charge in [0.15, 0.2) is 11.5 Å². The largest absolute Gasteiger partial charge is 0.485 e. The standard InChI is InChI=1S/C19H21N3O4S/c1-27-11-9-13(18(23)22-17-8-4-5-10-20-17)21-19(24)16-12-25-14-6-2-3-7-15(14)26-16/h2-8,10,13,16H,9,11-12H2,1H3,(H,21,24)(H,20,22,23)/t13-,16?/m1/s1. The van der Waals surface area contributed by atoms with Crippen molar-refractivity contribution in [2.45, 2.75) is 18.6 Å². The zero-order valence-electron chi connectivity index (χ0n) is 14.9. The number of thioether (sulfide) groups is 1. The quantitative estimate of drug-likeness (QED) is 0.756. The van der Waals surface area contributed by atoms with Crippen molar-refractivity contribution in [1.82, 2.24) is 10.3 Å². The fourth-order valence-electron chi connectivity index (χ4n) is 2.57. The second kappa shape index (κ2) is 9.27.